The molecule has 0 amide bonds. The quantitative estimate of drug-likeness (QED) is 0.708. The van der Waals surface area contributed by atoms with E-state index in [-0.39, 0.29) is 11.0 Å². The lowest BCUT2D eigenvalue weighted by molar-refractivity contribution is 0.618. The van der Waals surface area contributed by atoms with Crippen LogP contribution < -0.4 is 0 Å². The number of aromatic nitrogens is 2. The fourth-order valence-electron chi connectivity index (χ4n) is 1.53. The molecule has 2 nitrogen and oxygen atoms in total. The summed E-state index contributed by atoms with van der Waals surface area (Å²) in [7, 11) is 0. The Morgan fingerprint density at radius 1 is 1.25 bits per heavy atom. The average molecular weight is 237 g/mol. The Labute approximate surface area is 98.1 Å². The lowest BCUT2D eigenvalue weighted by Gasteiger charge is -2.07. The summed E-state index contributed by atoms with van der Waals surface area (Å²) in [6, 6.07) is 5.79. The minimum atomic E-state index is -0.460. The molecule has 0 fully saturated rings. The van der Waals surface area contributed by atoms with Crippen molar-refractivity contribution in [2.45, 2.75) is 13.8 Å². The van der Waals surface area contributed by atoms with Gasteiger partial charge in [-0.05, 0) is 37.1 Å². The molecule has 0 aliphatic rings. The van der Waals surface area contributed by atoms with E-state index >= 15 is 0 Å². The van der Waals surface area contributed by atoms with E-state index in [1.165, 1.54) is 0 Å². The molecule has 2 rings (SSSR count). The molecule has 16 heavy (non-hydrogen) atoms. The Morgan fingerprint density at radius 3 is 2.75 bits per heavy atom. The van der Waals surface area contributed by atoms with E-state index in [9.17, 15) is 4.39 Å². The van der Waals surface area contributed by atoms with Crippen molar-refractivity contribution < 1.29 is 4.39 Å². The second kappa shape index (κ2) is 4.18. The molecule has 0 N–H and O–H groups in total. The first kappa shape index (κ1) is 11.0. The van der Waals surface area contributed by atoms with Crippen molar-refractivity contribution >= 4 is 11.6 Å². The Bertz CT molecular complexity index is 491. The molecule has 0 aliphatic heterocycles. The normalized spacial score (nSPS) is 10.5. The topological polar surface area (TPSA) is 25.8 Å². The zero-order chi connectivity index (χ0) is 11.7. The SMILES string of the molecule is Cc1ccc(C)c(-c2nc(Cl)ncc2F)c1. The van der Waals surface area contributed by atoms with Gasteiger partial charge in [0.25, 0.3) is 0 Å². The molecule has 1 aromatic heterocycles. The zero-order valence-electron chi connectivity index (χ0n) is 8.96. The van der Waals surface area contributed by atoms with Gasteiger partial charge >= 0.3 is 0 Å². The number of nitrogens with zero attached hydrogens (tertiary/aromatic N) is 2. The van der Waals surface area contributed by atoms with Crippen molar-refractivity contribution in [3.8, 4) is 11.3 Å². The standard InChI is InChI=1S/C12H10ClFN2/c1-7-3-4-8(2)9(5-7)11-10(14)6-15-12(13)16-11/h3-6H,1-2H3. The molecule has 4 heteroatoms. The molecule has 0 spiro atoms. The molecule has 0 bridgehead atoms. The van der Waals surface area contributed by atoms with Crippen LogP contribution in [0.4, 0.5) is 4.39 Å². The average Bonchev–Trinajstić information content (AvgIpc) is 2.25. The zero-order valence-corrected chi connectivity index (χ0v) is 9.72. The molecule has 0 unspecified atom stereocenters. The molecular weight excluding hydrogens is 227 g/mol. The maximum atomic E-state index is 13.6. The van der Waals surface area contributed by atoms with Crippen molar-refractivity contribution in [3.63, 3.8) is 0 Å². The molecule has 2 aromatic rings. The van der Waals surface area contributed by atoms with Gasteiger partial charge in [-0.15, -0.1) is 0 Å². The van der Waals surface area contributed by atoms with Crippen molar-refractivity contribution in [2.24, 2.45) is 0 Å². The van der Waals surface area contributed by atoms with Gasteiger partial charge in [-0.25, -0.2) is 14.4 Å². The van der Waals surface area contributed by atoms with E-state index < -0.39 is 5.82 Å². The molecular formula is C12H10ClFN2. The van der Waals surface area contributed by atoms with Crippen LogP contribution in [0.1, 0.15) is 11.1 Å². The molecule has 0 radical (unpaired) electrons. The summed E-state index contributed by atoms with van der Waals surface area (Å²) in [5.41, 5.74) is 3.01. The molecule has 0 aliphatic carbocycles. The maximum Gasteiger partial charge on any atom is 0.223 e. The minimum absolute atomic E-state index is 0.0531. The third kappa shape index (κ3) is 2.04. The summed E-state index contributed by atoms with van der Waals surface area (Å²) < 4.78 is 13.6. The van der Waals surface area contributed by atoms with Crippen LogP contribution in [-0.4, -0.2) is 9.97 Å². The Kier molecular flexibility index (Phi) is 2.88. The van der Waals surface area contributed by atoms with Crippen LogP contribution in [0, 0.1) is 19.7 Å². The van der Waals surface area contributed by atoms with Gasteiger partial charge in [-0.1, -0.05) is 17.7 Å². The summed E-state index contributed by atoms with van der Waals surface area (Å²) in [6.45, 7) is 3.86. The highest BCUT2D eigenvalue weighted by molar-refractivity contribution is 6.28. The minimum Gasteiger partial charge on any atom is -0.223 e. The fourth-order valence-corrected chi connectivity index (χ4v) is 1.66. The number of benzene rings is 1. The summed E-state index contributed by atoms with van der Waals surface area (Å²) in [6.07, 6.45) is 1.09. The molecule has 82 valence electrons. The van der Waals surface area contributed by atoms with E-state index in [4.69, 9.17) is 11.6 Å². The Balaban J connectivity index is 2.66. The van der Waals surface area contributed by atoms with Gasteiger partial charge in [0.05, 0.1) is 6.20 Å². The largest absolute Gasteiger partial charge is 0.223 e. The third-order valence-electron chi connectivity index (χ3n) is 2.36. The highest BCUT2D eigenvalue weighted by Gasteiger charge is 2.11. The van der Waals surface area contributed by atoms with Crippen LogP contribution in [-0.2, 0) is 0 Å². The van der Waals surface area contributed by atoms with Gasteiger partial charge < -0.3 is 0 Å². The lowest BCUT2D eigenvalue weighted by Crippen LogP contribution is -1.95. The monoisotopic (exact) mass is 236 g/mol. The van der Waals surface area contributed by atoms with Gasteiger partial charge in [-0.2, -0.15) is 0 Å². The van der Waals surface area contributed by atoms with E-state index in [0.717, 1.165) is 22.9 Å². The second-order valence-corrected chi connectivity index (χ2v) is 3.99. The number of hydrogen-bond acceptors (Lipinski definition) is 2. The van der Waals surface area contributed by atoms with Crippen LogP contribution in [0.5, 0.6) is 0 Å². The molecule has 1 aromatic carbocycles. The summed E-state index contributed by atoms with van der Waals surface area (Å²) in [5, 5.41) is 0.0531. The lowest BCUT2D eigenvalue weighted by atomic mass is 10.0. The molecule has 0 atom stereocenters. The summed E-state index contributed by atoms with van der Waals surface area (Å²) in [4.78, 5) is 7.52. The number of rotatable bonds is 1. The maximum absolute atomic E-state index is 13.6. The highest BCUT2D eigenvalue weighted by atomic mass is 35.5. The molecule has 0 saturated heterocycles. The third-order valence-corrected chi connectivity index (χ3v) is 2.55. The van der Waals surface area contributed by atoms with Crippen LogP contribution in [0.3, 0.4) is 0 Å². The van der Waals surface area contributed by atoms with Crippen LogP contribution >= 0.6 is 11.6 Å². The first-order chi connectivity index (χ1) is 7.58. The summed E-state index contributed by atoms with van der Waals surface area (Å²) >= 11 is 5.67. The van der Waals surface area contributed by atoms with E-state index in [0.29, 0.717) is 0 Å². The second-order valence-electron chi connectivity index (χ2n) is 3.65. The van der Waals surface area contributed by atoms with E-state index in [1.54, 1.807) is 0 Å². The van der Waals surface area contributed by atoms with Gasteiger partial charge in [-0.3, -0.25) is 0 Å². The Hall–Kier alpha value is -1.48. The van der Waals surface area contributed by atoms with E-state index in [2.05, 4.69) is 9.97 Å². The number of aryl methyl sites for hydroxylation is 2. The summed E-state index contributed by atoms with van der Waals surface area (Å²) in [5.74, 6) is -0.460. The van der Waals surface area contributed by atoms with Crippen LogP contribution in [0.25, 0.3) is 11.3 Å². The Morgan fingerprint density at radius 2 is 2.00 bits per heavy atom. The fraction of sp³-hybridized carbons (Fsp3) is 0.167. The van der Waals surface area contributed by atoms with Crippen molar-refractivity contribution in [1.29, 1.82) is 0 Å². The van der Waals surface area contributed by atoms with E-state index in [1.807, 2.05) is 32.0 Å². The molecule has 0 saturated carbocycles. The van der Waals surface area contributed by atoms with Gasteiger partial charge in [0.2, 0.25) is 5.28 Å². The van der Waals surface area contributed by atoms with Crippen LogP contribution in [0.15, 0.2) is 24.4 Å². The predicted molar refractivity (Wildman–Crippen MR) is 61.9 cm³/mol. The first-order valence-electron chi connectivity index (χ1n) is 4.83. The molecule has 1 heterocycles. The van der Waals surface area contributed by atoms with Crippen molar-refractivity contribution in [1.82, 2.24) is 9.97 Å². The first-order valence-corrected chi connectivity index (χ1v) is 5.21. The number of halogens is 2. The smallest absolute Gasteiger partial charge is 0.223 e. The van der Waals surface area contributed by atoms with Crippen molar-refractivity contribution in [2.75, 3.05) is 0 Å². The van der Waals surface area contributed by atoms with Gasteiger partial charge in [0.15, 0.2) is 5.82 Å². The predicted octanol–water partition coefficient (Wildman–Crippen LogP) is 3.55. The van der Waals surface area contributed by atoms with Gasteiger partial charge in [0, 0.05) is 5.56 Å². The van der Waals surface area contributed by atoms with Crippen molar-refractivity contribution in [3.05, 3.63) is 46.6 Å². The number of hydrogen-bond donors (Lipinski definition) is 0. The van der Waals surface area contributed by atoms with Gasteiger partial charge in [0.1, 0.15) is 5.69 Å². The highest BCUT2D eigenvalue weighted by Crippen LogP contribution is 2.25. The van der Waals surface area contributed by atoms with Crippen LogP contribution in [0.2, 0.25) is 5.28 Å².